The number of non-ortho nitro benzene ring substituents is 1. The number of amides is 1. The Morgan fingerprint density at radius 1 is 1.06 bits per heavy atom. The second-order valence-electron chi connectivity index (χ2n) is 7.60. The van der Waals surface area contributed by atoms with E-state index in [9.17, 15) is 19.3 Å². The highest BCUT2D eigenvalue weighted by Gasteiger charge is 2.34. The van der Waals surface area contributed by atoms with Gasteiger partial charge in [-0.1, -0.05) is 48.5 Å². The average molecular weight is 582 g/mol. The average Bonchev–Trinajstić information content (AvgIpc) is 3.30. The second-order valence-corrected chi connectivity index (χ2v) is 8.78. The molecule has 0 fully saturated rings. The molecule has 11 heteroatoms. The van der Waals surface area contributed by atoms with Crippen LogP contribution in [0.2, 0.25) is 0 Å². The molecule has 0 saturated carbocycles. The molecular weight excluding hydrogens is 566 g/mol. The first kappa shape index (κ1) is 22.7. The molecule has 0 aliphatic carbocycles. The van der Waals surface area contributed by atoms with Gasteiger partial charge in [-0.2, -0.15) is 5.10 Å². The smallest absolute Gasteiger partial charge is 0.270 e. The van der Waals surface area contributed by atoms with Crippen LogP contribution in [0.25, 0.3) is 11.3 Å². The van der Waals surface area contributed by atoms with E-state index in [1.54, 1.807) is 12.1 Å². The quantitative estimate of drug-likeness (QED) is 0.109. The fourth-order valence-electron chi connectivity index (χ4n) is 3.70. The molecule has 4 aromatic rings. The molecule has 9 nitrogen and oxygen atoms in total. The molecule has 0 spiro atoms. The Labute approximate surface area is 212 Å². The number of hydrogen-bond acceptors (Lipinski definition) is 6. The van der Waals surface area contributed by atoms with Gasteiger partial charge in [-0.25, -0.2) is 14.4 Å². The lowest BCUT2D eigenvalue weighted by atomic mass is 10.1. The van der Waals surface area contributed by atoms with Gasteiger partial charge in [0.05, 0.1) is 10.6 Å². The highest BCUT2D eigenvalue weighted by Crippen LogP contribution is 2.43. The number of carbonyl (C=O) groups is 1. The third kappa shape index (κ3) is 4.37. The standard InChI is InChI=1S/C24H16FIN6O3/c25-17-10-4-9-16(12-17)24(33)30-31-22(26)21-20(19(28-29-21)14-6-2-1-3-7-14)27-23(31)15-8-5-11-18(13-15)32(34)35/h1-13,22H,(H,28,29)(H,30,33). The van der Waals surface area contributed by atoms with Crippen molar-refractivity contribution in [1.82, 2.24) is 20.6 Å². The van der Waals surface area contributed by atoms with Crippen LogP contribution in [0, 0.1) is 15.9 Å². The van der Waals surface area contributed by atoms with Crippen LogP contribution < -0.4 is 5.43 Å². The first-order chi connectivity index (χ1) is 16.9. The van der Waals surface area contributed by atoms with Crippen molar-refractivity contribution in [3.8, 4) is 11.3 Å². The molecule has 2 heterocycles. The maximum absolute atomic E-state index is 13.7. The van der Waals surface area contributed by atoms with Gasteiger partial charge in [0.15, 0.2) is 5.84 Å². The number of fused-ring (bicyclic) bond motifs is 1. The number of nitrogens with zero attached hydrogens (tertiary/aromatic N) is 4. The SMILES string of the molecule is O=C(NN1C(c2cccc([N+](=O)[O-])c2)=Nc2c(-c3ccccc3)n[nH]c2C1I)c1cccc(F)c1. The van der Waals surface area contributed by atoms with Gasteiger partial charge in [0.25, 0.3) is 11.6 Å². The van der Waals surface area contributed by atoms with Gasteiger partial charge in [-0.05, 0) is 40.8 Å². The highest BCUT2D eigenvalue weighted by molar-refractivity contribution is 14.1. The predicted octanol–water partition coefficient (Wildman–Crippen LogP) is 5.30. The summed E-state index contributed by atoms with van der Waals surface area (Å²) in [5, 5.41) is 20.3. The van der Waals surface area contributed by atoms with Crippen LogP contribution in [0.5, 0.6) is 0 Å². The van der Waals surface area contributed by atoms with E-state index < -0.39 is 20.7 Å². The molecule has 0 radical (unpaired) electrons. The Hall–Kier alpha value is -4.13. The lowest BCUT2D eigenvalue weighted by Crippen LogP contribution is -2.48. The van der Waals surface area contributed by atoms with Crippen LogP contribution >= 0.6 is 22.6 Å². The molecule has 174 valence electrons. The summed E-state index contributed by atoms with van der Waals surface area (Å²) in [6, 6.07) is 20.8. The van der Waals surface area contributed by atoms with E-state index in [0.717, 1.165) is 11.6 Å². The number of nitrogens with one attached hydrogen (secondary N) is 2. The second kappa shape index (κ2) is 9.25. The zero-order chi connectivity index (χ0) is 24.5. The number of H-pyrrole nitrogens is 1. The van der Waals surface area contributed by atoms with Crippen LogP contribution in [-0.2, 0) is 0 Å². The first-order valence-electron chi connectivity index (χ1n) is 10.4. The summed E-state index contributed by atoms with van der Waals surface area (Å²) in [6.45, 7) is 0. The minimum absolute atomic E-state index is 0.118. The van der Waals surface area contributed by atoms with Gasteiger partial charge in [-0.15, -0.1) is 0 Å². The summed E-state index contributed by atoms with van der Waals surface area (Å²) in [7, 11) is 0. The number of hydrogen-bond donors (Lipinski definition) is 2. The molecule has 1 unspecified atom stereocenters. The zero-order valence-electron chi connectivity index (χ0n) is 17.9. The van der Waals surface area contributed by atoms with E-state index in [1.807, 2.05) is 30.3 Å². The van der Waals surface area contributed by atoms with Gasteiger partial charge in [0.2, 0.25) is 0 Å². The summed E-state index contributed by atoms with van der Waals surface area (Å²) in [6.07, 6.45) is 0. The maximum Gasteiger partial charge on any atom is 0.270 e. The Balaban J connectivity index is 1.62. The topological polar surface area (TPSA) is 117 Å². The van der Waals surface area contributed by atoms with Crippen LogP contribution in [0.15, 0.2) is 83.9 Å². The maximum atomic E-state index is 13.7. The lowest BCUT2D eigenvalue weighted by Gasteiger charge is -2.33. The number of halogens is 2. The number of alkyl halides is 1. The fraction of sp³-hybridized carbons (Fsp3) is 0.0417. The molecule has 1 aliphatic rings. The van der Waals surface area contributed by atoms with E-state index in [1.165, 1.54) is 35.3 Å². The molecule has 3 aromatic carbocycles. The van der Waals surface area contributed by atoms with Crippen molar-refractivity contribution < 1.29 is 14.1 Å². The number of amidine groups is 1. The molecule has 0 bridgehead atoms. The number of hydrazine groups is 1. The molecule has 35 heavy (non-hydrogen) atoms. The van der Waals surface area contributed by atoms with Crippen molar-refractivity contribution in [2.24, 2.45) is 4.99 Å². The zero-order valence-corrected chi connectivity index (χ0v) is 20.0. The van der Waals surface area contributed by atoms with Crippen molar-refractivity contribution >= 4 is 45.7 Å². The fourth-order valence-corrected chi connectivity index (χ4v) is 4.54. The predicted molar refractivity (Wildman–Crippen MR) is 136 cm³/mol. The number of aromatic nitrogens is 2. The summed E-state index contributed by atoms with van der Waals surface area (Å²) < 4.78 is 13.2. The molecule has 5 rings (SSSR count). The number of aromatic amines is 1. The number of aliphatic imine (C=N–C) groups is 1. The van der Waals surface area contributed by atoms with Gasteiger partial charge >= 0.3 is 0 Å². The Kier molecular flexibility index (Phi) is 5.99. The van der Waals surface area contributed by atoms with Gasteiger partial charge in [0, 0.05) is 28.8 Å². The van der Waals surface area contributed by atoms with Crippen molar-refractivity contribution in [3.05, 3.63) is 112 Å². The molecule has 1 aromatic heterocycles. The van der Waals surface area contributed by atoms with E-state index >= 15 is 0 Å². The highest BCUT2D eigenvalue weighted by atomic mass is 127. The lowest BCUT2D eigenvalue weighted by molar-refractivity contribution is -0.384. The molecule has 2 N–H and O–H groups in total. The normalized spacial score (nSPS) is 14.7. The number of nitro benzene ring substituents is 1. The number of carbonyl (C=O) groups excluding carboxylic acids is 1. The first-order valence-corrected chi connectivity index (χ1v) is 11.6. The molecular formula is C24H16FIN6O3. The minimum Gasteiger partial charge on any atom is -0.277 e. The van der Waals surface area contributed by atoms with Gasteiger partial charge in [0.1, 0.15) is 21.2 Å². The molecule has 1 aliphatic heterocycles. The summed E-state index contributed by atoms with van der Waals surface area (Å²) >= 11 is 2.12. The number of benzene rings is 3. The number of nitro groups is 1. The van der Waals surface area contributed by atoms with Crippen LogP contribution in [0.1, 0.15) is 25.7 Å². The van der Waals surface area contributed by atoms with E-state index in [4.69, 9.17) is 4.99 Å². The Morgan fingerprint density at radius 3 is 2.54 bits per heavy atom. The molecule has 1 atom stereocenters. The van der Waals surface area contributed by atoms with Crippen molar-refractivity contribution in [2.75, 3.05) is 0 Å². The third-order valence-corrected chi connectivity index (χ3v) is 6.53. The molecule has 0 saturated heterocycles. The minimum atomic E-state index is -0.560. The number of rotatable bonds is 5. The van der Waals surface area contributed by atoms with Crippen LogP contribution in [0.3, 0.4) is 0 Å². The largest absolute Gasteiger partial charge is 0.277 e. The summed E-state index contributed by atoms with van der Waals surface area (Å²) in [4.78, 5) is 28.7. The monoisotopic (exact) mass is 582 g/mol. The van der Waals surface area contributed by atoms with Crippen molar-refractivity contribution in [3.63, 3.8) is 0 Å². The Bertz CT molecular complexity index is 1470. The summed E-state index contributed by atoms with van der Waals surface area (Å²) in [5.41, 5.74) is 5.85. The van der Waals surface area contributed by atoms with E-state index in [0.29, 0.717) is 22.6 Å². The van der Waals surface area contributed by atoms with Crippen LogP contribution in [0.4, 0.5) is 15.8 Å². The van der Waals surface area contributed by atoms with Gasteiger partial charge in [-0.3, -0.25) is 25.4 Å². The molecule has 1 amide bonds. The van der Waals surface area contributed by atoms with E-state index in [2.05, 4.69) is 38.2 Å². The van der Waals surface area contributed by atoms with Gasteiger partial charge < -0.3 is 0 Å². The summed E-state index contributed by atoms with van der Waals surface area (Å²) in [5.74, 6) is -0.822. The van der Waals surface area contributed by atoms with Crippen molar-refractivity contribution in [2.45, 2.75) is 4.05 Å². The third-order valence-electron chi connectivity index (χ3n) is 5.35. The van der Waals surface area contributed by atoms with E-state index in [-0.39, 0.29) is 17.1 Å². The van der Waals surface area contributed by atoms with Crippen molar-refractivity contribution in [1.29, 1.82) is 0 Å². The Morgan fingerprint density at radius 2 is 1.80 bits per heavy atom. The van der Waals surface area contributed by atoms with Crippen LogP contribution in [-0.4, -0.2) is 31.9 Å².